The largest absolute Gasteiger partial charge is 0.496 e. The first-order chi connectivity index (χ1) is 15.1. The van der Waals surface area contributed by atoms with Crippen molar-refractivity contribution in [3.8, 4) is 17.0 Å². The van der Waals surface area contributed by atoms with Gasteiger partial charge in [0.25, 0.3) is 11.1 Å². The summed E-state index contributed by atoms with van der Waals surface area (Å²) >= 11 is 0. The van der Waals surface area contributed by atoms with Crippen LogP contribution in [-0.4, -0.2) is 27.7 Å². The Bertz CT molecular complexity index is 1270. The van der Waals surface area contributed by atoms with Crippen LogP contribution in [0.4, 0.5) is 0 Å². The molecule has 0 fully saturated rings. The van der Waals surface area contributed by atoms with Crippen LogP contribution in [0.25, 0.3) is 22.4 Å². The van der Waals surface area contributed by atoms with E-state index in [1.54, 1.807) is 7.11 Å². The molecule has 0 saturated heterocycles. The average Bonchev–Trinajstić information content (AvgIpc) is 3.23. The number of hydrogen-bond donors (Lipinski definition) is 1. The number of rotatable bonds is 7. The van der Waals surface area contributed by atoms with E-state index in [9.17, 15) is 9.59 Å². The topological polar surface area (TPSA) is 99.2 Å². The van der Waals surface area contributed by atoms with Crippen molar-refractivity contribution in [2.24, 2.45) is 0 Å². The lowest BCUT2D eigenvalue weighted by Crippen LogP contribution is -2.27. The van der Waals surface area contributed by atoms with Gasteiger partial charge in [-0.3, -0.25) is 14.2 Å². The zero-order valence-corrected chi connectivity index (χ0v) is 17.3. The molecule has 2 aromatic carbocycles. The van der Waals surface area contributed by atoms with Crippen molar-refractivity contribution in [3.63, 3.8) is 0 Å². The van der Waals surface area contributed by atoms with Crippen molar-refractivity contribution < 1.29 is 14.1 Å². The van der Waals surface area contributed by atoms with E-state index in [-0.39, 0.29) is 30.0 Å². The molecule has 0 aliphatic rings. The second-order valence-corrected chi connectivity index (χ2v) is 7.16. The fourth-order valence-corrected chi connectivity index (χ4v) is 3.27. The van der Waals surface area contributed by atoms with Crippen LogP contribution in [0.3, 0.4) is 0 Å². The number of aromatic nitrogens is 3. The minimum absolute atomic E-state index is 0.0764. The molecule has 0 spiro atoms. The molecule has 4 aromatic rings. The number of methoxy groups -OCH3 is 1. The van der Waals surface area contributed by atoms with Gasteiger partial charge in [0.1, 0.15) is 17.0 Å². The van der Waals surface area contributed by atoms with E-state index in [0.717, 1.165) is 16.7 Å². The molecule has 4 rings (SSSR count). The van der Waals surface area contributed by atoms with Crippen molar-refractivity contribution in [1.82, 2.24) is 20.0 Å². The van der Waals surface area contributed by atoms with Crippen molar-refractivity contribution in [3.05, 3.63) is 76.3 Å². The molecule has 2 aromatic heterocycles. The molecule has 0 unspecified atom stereocenters. The highest BCUT2D eigenvalue weighted by atomic mass is 16.5. The molecule has 0 bridgehead atoms. The first-order valence-corrected chi connectivity index (χ1v) is 9.87. The summed E-state index contributed by atoms with van der Waals surface area (Å²) in [6.07, 6.45) is 1.55. The summed E-state index contributed by atoms with van der Waals surface area (Å²) in [5.74, 6) is 0.527. The van der Waals surface area contributed by atoms with E-state index in [0.29, 0.717) is 23.5 Å². The molecule has 0 atom stereocenters. The Morgan fingerprint density at radius 3 is 2.71 bits per heavy atom. The Kier molecular flexibility index (Phi) is 5.79. The Hall–Kier alpha value is -3.94. The maximum atomic E-state index is 12.7. The third kappa shape index (κ3) is 4.32. The minimum atomic E-state index is -0.367. The van der Waals surface area contributed by atoms with Crippen LogP contribution in [0.5, 0.6) is 5.75 Å². The summed E-state index contributed by atoms with van der Waals surface area (Å²) < 4.78 is 11.9. The van der Waals surface area contributed by atoms with Gasteiger partial charge in [0.05, 0.1) is 13.4 Å². The lowest BCUT2D eigenvalue weighted by Gasteiger charge is -2.10. The van der Waals surface area contributed by atoms with Crippen molar-refractivity contribution >= 4 is 17.0 Å². The van der Waals surface area contributed by atoms with Crippen molar-refractivity contribution in [2.75, 3.05) is 7.11 Å². The van der Waals surface area contributed by atoms with E-state index in [4.69, 9.17) is 9.26 Å². The zero-order valence-electron chi connectivity index (χ0n) is 17.3. The van der Waals surface area contributed by atoms with E-state index in [2.05, 4.69) is 15.5 Å². The third-order valence-electron chi connectivity index (χ3n) is 5.02. The van der Waals surface area contributed by atoms with E-state index >= 15 is 0 Å². The Balaban J connectivity index is 1.44. The van der Waals surface area contributed by atoms with Crippen LogP contribution in [0, 0.1) is 6.92 Å². The fraction of sp³-hybridized carbons (Fsp3) is 0.217. The number of benzene rings is 2. The van der Waals surface area contributed by atoms with Gasteiger partial charge < -0.3 is 14.6 Å². The Labute approximate surface area is 178 Å². The number of hydrogen-bond acceptors (Lipinski definition) is 6. The molecule has 1 N–H and O–H groups in total. The zero-order chi connectivity index (χ0) is 21.8. The number of nitrogens with zero attached hydrogens (tertiary/aromatic N) is 3. The first-order valence-electron chi connectivity index (χ1n) is 9.87. The third-order valence-corrected chi connectivity index (χ3v) is 5.02. The van der Waals surface area contributed by atoms with Gasteiger partial charge in [0, 0.05) is 30.6 Å². The summed E-state index contributed by atoms with van der Waals surface area (Å²) in [7, 11) is 1.59. The normalized spacial score (nSPS) is 10.9. The van der Waals surface area contributed by atoms with Gasteiger partial charge in [-0.2, -0.15) is 0 Å². The monoisotopic (exact) mass is 418 g/mol. The molecule has 8 heteroatoms. The van der Waals surface area contributed by atoms with Gasteiger partial charge in [-0.15, -0.1) is 0 Å². The maximum Gasteiger partial charge on any atom is 0.299 e. The number of nitrogens with one attached hydrogen (secondary N) is 1. The number of fused-ring (bicyclic) bond motifs is 1. The highest BCUT2D eigenvalue weighted by Crippen LogP contribution is 2.24. The van der Waals surface area contributed by atoms with E-state index < -0.39 is 0 Å². The number of ether oxygens (including phenoxy) is 1. The van der Waals surface area contributed by atoms with Crippen molar-refractivity contribution in [1.29, 1.82) is 0 Å². The van der Waals surface area contributed by atoms with E-state index in [1.165, 1.54) is 10.9 Å². The van der Waals surface area contributed by atoms with Crippen LogP contribution in [0.1, 0.15) is 17.5 Å². The summed E-state index contributed by atoms with van der Waals surface area (Å²) in [6, 6.07) is 15.2. The molecule has 0 radical (unpaired) electrons. The summed E-state index contributed by atoms with van der Waals surface area (Å²) in [6.45, 7) is 2.52. The standard InChI is InChI=1S/C23H22N4O4/c1-15-7-9-16(10-8-15)20-21-22(31-26-20)23(29)27(14-25-21)12-11-19(28)24-13-17-5-3-4-6-18(17)30-2/h3-10,14H,11-13H2,1-2H3,(H,24,28). The Morgan fingerprint density at radius 2 is 1.94 bits per heavy atom. The number of aryl methyl sites for hydroxylation is 2. The SMILES string of the molecule is COc1ccccc1CNC(=O)CCn1cnc2c(-c3ccc(C)cc3)noc2c1=O. The molecule has 2 heterocycles. The molecule has 0 aliphatic carbocycles. The second-order valence-electron chi connectivity index (χ2n) is 7.16. The number of carbonyl (C=O) groups excluding carboxylic acids is 1. The fourth-order valence-electron chi connectivity index (χ4n) is 3.27. The molecular formula is C23H22N4O4. The Morgan fingerprint density at radius 1 is 1.16 bits per heavy atom. The number of para-hydroxylation sites is 1. The predicted octanol–water partition coefficient (Wildman–Crippen LogP) is 3.08. The molecule has 0 saturated carbocycles. The van der Waals surface area contributed by atoms with Gasteiger partial charge in [-0.1, -0.05) is 53.2 Å². The molecule has 31 heavy (non-hydrogen) atoms. The summed E-state index contributed by atoms with van der Waals surface area (Å²) in [5, 5.41) is 6.87. The van der Waals surface area contributed by atoms with Crippen LogP contribution >= 0.6 is 0 Å². The lowest BCUT2D eigenvalue weighted by atomic mass is 10.1. The number of carbonyl (C=O) groups is 1. The highest BCUT2D eigenvalue weighted by Gasteiger charge is 2.16. The smallest absolute Gasteiger partial charge is 0.299 e. The predicted molar refractivity (Wildman–Crippen MR) is 116 cm³/mol. The minimum Gasteiger partial charge on any atom is -0.496 e. The molecule has 0 aliphatic heterocycles. The molecule has 158 valence electrons. The summed E-state index contributed by atoms with van der Waals surface area (Å²) in [5.41, 5.74) is 3.46. The van der Waals surface area contributed by atoms with Crippen LogP contribution < -0.4 is 15.6 Å². The highest BCUT2D eigenvalue weighted by molar-refractivity contribution is 5.87. The van der Waals surface area contributed by atoms with Gasteiger partial charge in [-0.05, 0) is 13.0 Å². The molecule has 8 nitrogen and oxygen atoms in total. The van der Waals surface area contributed by atoms with Gasteiger partial charge in [0.15, 0.2) is 0 Å². The molecular weight excluding hydrogens is 396 g/mol. The lowest BCUT2D eigenvalue weighted by molar-refractivity contribution is -0.121. The van der Waals surface area contributed by atoms with Crippen molar-refractivity contribution in [2.45, 2.75) is 26.4 Å². The second kappa shape index (κ2) is 8.83. The first kappa shape index (κ1) is 20.3. The van der Waals surface area contributed by atoms with E-state index in [1.807, 2.05) is 55.5 Å². The quantitative estimate of drug-likeness (QED) is 0.495. The average molecular weight is 418 g/mol. The van der Waals surface area contributed by atoms with Gasteiger partial charge in [-0.25, -0.2) is 4.98 Å². The van der Waals surface area contributed by atoms with Gasteiger partial charge in [0.2, 0.25) is 5.91 Å². The maximum absolute atomic E-state index is 12.7. The number of amides is 1. The van der Waals surface area contributed by atoms with Crippen LogP contribution in [0.2, 0.25) is 0 Å². The molecule has 1 amide bonds. The summed E-state index contributed by atoms with van der Waals surface area (Å²) in [4.78, 5) is 29.4. The van der Waals surface area contributed by atoms with Crippen LogP contribution in [-0.2, 0) is 17.9 Å². The van der Waals surface area contributed by atoms with Crippen LogP contribution in [0.15, 0.2) is 64.2 Å². The van der Waals surface area contributed by atoms with Gasteiger partial charge >= 0.3 is 0 Å².